The van der Waals surface area contributed by atoms with Crippen LogP contribution in [-0.2, 0) is 0 Å². The molecule has 0 spiro atoms. The first-order valence-electron chi connectivity index (χ1n) is 3.32. The zero-order valence-electron chi connectivity index (χ0n) is 5.97. The van der Waals surface area contributed by atoms with Crippen molar-refractivity contribution in [3.63, 3.8) is 0 Å². The number of rotatable bonds is 0. The standard InChI is InChI=1S/C8H5Br2NS/c9-5-3-1-2-4-6(11)8(10)12-7(4)5/h1-3H,11H2. The van der Waals surface area contributed by atoms with Gasteiger partial charge in [0.05, 0.1) is 14.2 Å². The fourth-order valence-corrected chi connectivity index (χ4v) is 3.24. The Kier molecular flexibility index (Phi) is 2.14. The predicted octanol–water partition coefficient (Wildman–Crippen LogP) is 4.01. The number of nitrogens with two attached hydrogens (primary N) is 1. The van der Waals surface area contributed by atoms with Crippen LogP contribution in [0.5, 0.6) is 0 Å². The normalized spacial score (nSPS) is 10.8. The van der Waals surface area contributed by atoms with Gasteiger partial charge in [-0.05, 0) is 37.9 Å². The summed E-state index contributed by atoms with van der Waals surface area (Å²) in [6, 6.07) is 6.03. The summed E-state index contributed by atoms with van der Waals surface area (Å²) in [5.41, 5.74) is 6.68. The lowest BCUT2D eigenvalue weighted by Gasteiger charge is -1.92. The van der Waals surface area contributed by atoms with E-state index >= 15 is 0 Å². The third kappa shape index (κ3) is 1.18. The number of benzene rings is 1. The Bertz CT molecular complexity index is 436. The largest absolute Gasteiger partial charge is 0.397 e. The van der Waals surface area contributed by atoms with Crippen LogP contribution < -0.4 is 5.73 Å². The molecule has 0 bridgehead atoms. The maximum absolute atomic E-state index is 5.85. The highest BCUT2D eigenvalue weighted by molar-refractivity contribution is 9.11. The zero-order valence-corrected chi connectivity index (χ0v) is 9.96. The monoisotopic (exact) mass is 305 g/mol. The summed E-state index contributed by atoms with van der Waals surface area (Å²) in [6.45, 7) is 0. The number of anilines is 1. The molecule has 62 valence electrons. The predicted molar refractivity (Wildman–Crippen MR) is 61.6 cm³/mol. The van der Waals surface area contributed by atoms with Crippen LogP contribution in [-0.4, -0.2) is 0 Å². The van der Waals surface area contributed by atoms with Crippen LogP contribution in [0.15, 0.2) is 26.5 Å². The molecule has 0 fully saturated rings. The summed E-state index contributed by atoms with van der Waals surface area (Å²) < 4.78 is 3.30. The summed E-state index contributed by atoms with van der Waals surface area (Å²) in [6.07, 6.45) is 0. The van der Waals surface area contributed by atoms with Crippen molar-refractivity contribution in [1.82, 2.24) is 0 Å². The van der Waals surface area contributed by atoms with Gasteiger partial charge in [0.2, 0.25) is 0 Å². The Hall–Kier alpha value is -0.0600. The maximum atomic E-state index is 5.85. The summed E-state index contributed by atoms with van der Waals surface area (Å²) in [4.78, 5) is 0. The number of thiophene rings is 1. The van der Waals surface area contributed by atoms with Crippen molar-refractivity contribution in [2.45, 2.75) is 0 Å². The van der Waals surface area contributed by atoms with Crippen LogP contribution >= 0.6 is 43.2 Å². The van der Waals surface area contributed by atoms with Crippen LogP contribution in [0.2, 0.25) is 0 Å². The van der Waals surface area contributed by atoms with Crippen LogP contribution in [0.25, 0.3) is 10.1 Å². The van der Waals surface area contributed by atoms with E-state index in [1.165, 1.54) is 4.70 Å². The van der Waals surface area contributed by atoms with Crippen molar-refractivity contribution in [3.05, 3.63) is 26.5 Å². The Balaban J connectivity index is 2.95. The Morgan fingerprint density at radius 2 is 2.00 bits per heavy atom. The SMILES string of the molecule is Nc1c(Br)sc2c(Br)cccc12. The zero-order chi connectivity index (χ0) is 8.72. The number of halogens is 2. The first kappa shape index (κ1) is 8.53. The second kappa shape index (κ2) is 3.01. The Morgan fingerprint density at radius 1 is 1.25 bits per heavy atom. The van der Waals surface area contributed by atoms with Crippen molar-refractivity contribution in [2.75, 3.05) is 5.73 Å². The van der Waals surface area contributed by atoms with Gasteiger partial charge >= 0.3 is 0 Å². The van der Waals surface area contributed by atoms with Gasteiger partial charge in [-0.15, -0.1) is 11.3 Å². The minimum absolute atomic E-state index is 0.830. The molecule has 1 aromatic carbocycles. The molecule has 2 aromatic rings. The van der Waals surface area contributed by atoms with Gasteiger partial charge in [0.1, 0.15) is 0 Å². The molecule has 1 aromatic heterocycles. The molecule has 0 radical (unpaired) electrons. The van der Waals surface area contributed by atoms with Crippen LogP contribution in [0, 0.1) is 0 Å². The molecule has 0 aliphatic heterocycles. The lowest BCUT2D eigenvalue weighted by Crippen LogP contribution is -1.81. The first-order chi connectivity index (χ1) is 5.70. The minimum Gasteiger partial charge on any atom is -0.397 e. The van der Waals surface area contributed by atoms with Crippen LogP contribution in [0.1, 0.15) is 0 Å². The molecule has 0 unspecified atom stereocenters. The second-order valence-corrected chi connectivity index (χ2v) is 5.60. The van der Waals surface area contributed by atoms with Gasteiger partial charge in [-0.25, -0.2) is 0 Å². The molecule has 1 nitrogen and oxygen atoms in total. The van der Waals surface area contributed by atoms with Gasteiger partial charge in [0, 0.05) is 9.86 Å². The fourth-order valence-electron chi connectivity index (χ4n) is 1.08. The van der Waals surface area contributed by atoms with E-state index in [1.807, 2.05) is 18.2 Å². The molecule has 4 heteroatoms. The number of fused-ring (bicyclic) bond motifs is 1. The second-order valence-electron chi connectivity index (χ2n) is 2.41. The quantitative estimate of drug-likeness (QED) is 0.782. The molecule has 0 aliphatic rings. The third-order valence-electron chi connectivity index (χ3n) is 1.66. The lowest BCUT2D eigenvalue weighted by molar-refractivity contribution is 1.78. The van der Waals surface area contributed by atoms with Crippen molar-refractivity contribution >= 4 is 59.0 Å². The average molecular weight is 307 g/mol. The van der Waals surface area contributed by atoms with Crippen LogP contribution in [0.3, 0.4) is 0 Å². The summed E-state index contributed by atoms with van der Waals surface area (Å²) in [7, 11) is 0. The molecular formula is C8H5Br2NS. The van der Waals surface area contributed by atoms with Gasteiger partial charge < -0.3 is 5.73 Å². The van der Waals surface area contributed by atoms with E-state index in [2.05, 4.69) is 31.9 Å². The van der Waals surface area contributed by atoms with Crippen LogP contribution in [0.4, 0.5) is 5.69 Å². The lowest BCUT2D eigenvalue weighted by atomic mass is 10.2. The van der Waals surface area contributed by atoms with E-state index in [4.69, 9.17) is 5.73 Å². The van der Waals surface area contributed by atoms with Crippen molar-refractivity contribution < 1.29 is 0 Å². The fraction of sp³-hybridized carbons (Fsp3) is 0. The maximum Gasteiger partial charge on any atom is 0.0940 e. The molecule has 0 saturated carbocycles. The minimum atomic E-state index is 0.830. The average Bonchev–Trinajstić information content (AvgIpc) is 2.32. The Labute approximate surface area is 90.8 Å². The van der Waals surface area contributed by atoms with E-state index in [0.29, 0.717) is 0 Å². The highest BCUT2D eigenvalue weighted by Crippen LogP contribution is 2.40. The van der Waals surface area contributed by atoms with Gasteiger partial charge in [-0.2, -0.15) is 0 Å². The van der Waals surface area contributed by atoms with E-state index < -0.39 is 0 Å². The first-order valence-corrected chi connectivity index (χ1v) is 5.72. The van der Waals surface area contributed by atoms with Crippen molar-refractivity contribution in [3.8, 4) is 0 Å². The van der Waals surface area contributed by atoms with Gasteiger partial charge in [0.15, 0.2) is 0 Å². The van der Waals surface area contributed by atoms with E-state index in [9.17, 15) is 0 Å². The number of hydrogen-bond donors (Lipinski definition) is 1. The number of hydrogen-bond acceptors (Lipinski definition) is 2. The van der Waals surface area contributed by atoms with Crippen molar-refractivity contribution in [1.29, 1.82) is 0 Å². The molecule has 0 atom stereocenters. The molecule has 0 saturated heterocycles. The smallest absolute Gasteiger partial charge is 0.0940 e. The summed E-state index contributed by atoms with van der Waals surface area (Å²) >= 11 is 8.54. The van der Waals surface area contributed by atoms with Crippen molar-refractivity contribution in [2.24, 2.45) is 0 Å². The third-order valence-corrected chi connectivity index (χ3v) is 4.54. The molecule has 2 N–H and O–H groups in total. The Morgan fingerprint density at radius 3 is 2.67 bits per heavy atom. The van der Waals surface area contributed by atoms with E-state index in [0.717, 1.165) is 19.3 Å². The van der Waals surface area contributed by atoms with E-state index in [1.54, 1.807) is 11.3 Å². The topological polar surface area (TPSA) is 26.0 Å². The van der Waals surface area contributed by atoms with Gasteiger partial charge in [-0.1, -0.05) is 12.1 Å². The molecule has 1 heterocycles. The summed E-state index contributed by atoms with van der Waals surface area (Å²) in [5, 5.41) is 1.11. The number of nitrogen functional groups attached to an aromatic ring is 1. The highest BCUT2D eigenvalue weighted by Gasteiger charge is 2.07. The van der Waals surface area contributed by atoms with Gasteiger partial charge in [0.25, 0.3) is 0 Å². The molecule has 0 aliphatic carbocycles. The van der Waals surface area contributed by atoms with Gasteiger partial charge in [-0.3, -0.25) is 0 Å². The molecule has 2 rings (SSSR count). The summed E-state index contributed by atoms with van der Waals surface area (Å²) in [5.74, 6) is 0. The highest BCUT2D eigenvalue weighted by atomic mass is 79.9. The van der Waals surface area contributed by atoms with E-state index in [-0.39, 0.29) is 0 Å². The molecular weight excluding hydrogens is 302 g/mol. The molecule has 0 amide bonds. The molecule has 12 heavy (non-hydrogen) atoms.